The van der Waals surface area contributed by atoms with E-state index in [2.05, 4.69) is 20.4 Å². The molecule has 2 N–H and O–H groups in total. The van der Waals surface area contributed by atoms with Gasteiger partial charge in [-0.2, -0.15) is 5.10 Å². The topological polar surface area (TPSA) is 44.0 Å². The molecule has 14 heavy (non-hydrogen) atoms. The highest BCUT2D eigenvalue weighted by Gasteiger charge is 2.29. The van der Waals surface area contributed by atoms with Crippen molar-refractivity contribution in [2.24, 2.45) is 0 Å². The number of H-pyrrole nitrogens is 1. The highest BCUT2D eigenvalue weighted by Crippen LogP contribution is 2.34. The molecule has 1 aromatic heterocycles. The molecule has 1 aliphatic heterocycles. The Bertz CT molecular complexity index is 314. The SMILES string of the molecule is c1n[nH]c2c1C(N1CCNCC1)CC2. The fourth-order valence-corrected chi connectivity index (χ4v) is 2.62. The van der Waals surface area contributed by atoms with E-state index in [-0.39, 0.29) is 0 Å². The van der Waals surface area contributed by atoms with Crippen molar-refractivity contribution in [3.63, 3.8) is 0 Å². The summed E-state index contributed by atoms with van der Waals surface area (Å²) in [6.07, 6.45) is 4.45. The molecule has 76 valence electrons. The van der Waals surface area contributed by atoms with Gasteiger partial charge in [-0.05, 0) is 12.8 Å². The molecule has 4 heteroatoms. The molecule has 2 heterocycles. The lowest BCUT2D eigenvalue weighted by Crippen LogP contribution is -2.44. The van der Waals surface area contributed by atoms with Crippen LogP contribution in [-0.2, 0) is 6.42 Å². The van der Waals surface area contributed by atoms with Gasteiger partial charge in [0.15, 0.2) is 0 Å². The Morgan fingerprint density at radius 3 is 3.07 bits per heavy atom. The largest absolute Gasteiger partial charge is 0.314 e. The third-order valence-corrected chi connectivity index (χ3v) is 3.37. The molecule has 0 radical (unpaired) electrons. The van der Waals surface area contributed by atoms with Crippen molar-refractivity contribution in [1.82, 2.24) is 20.4 Å². The average Bonchev–Trinajstić information content (AvgIpc) is 2.79. The van der Waals surface area contributed by atoms with Gasteiger partial charge in [-0.1, -0.05) is 0 Å². The normalized spacial score (nSPS) is 27.9. The molecule has 1 fully saturated rings. The molecule has 4 nitrogen and oxygen atoms in total. The summed E-state index contributed by atoms with van der Waals surface area (Å²) in [5, 5.41) is 10.6. The van der Waals surface area contributed by atoms with E-state index < -0.39 is 0 Å². The first-order valence-electron chi connectivity index (χ1n) is 5.42. The Balaban J connectivity index is 1.80. The summed E-state index contributed by atoms with van der Waals surface area (Å²) >= 11 is 0. The summed E-state index contributed by atoms with van der Waals surface area (Å²) in [7, 11) is 0. The molecule has 1 aliphatic carbocycles. The zero-order valence-corrected chi connectivity index (χ0v) is 8.29. The molecule has 1 aromatic rings. The molecular formula is C10H16N4. The van der Waals surface area contributed by atoms with Gasteiger partial charge in [0.05, 0.1) is 6.20 Å². The Morgan fingerprint density at radius 1 is 1.36 bits per heavy atom. The molecular weight excluding hydrogens is 176 g/mol. The van der Waals surface area contributed by atoms with Gasteiger partial charge in [0, 0.05) is 43.5 Å². The van der Waals surface area contributed by atoms with Crippen molar-refractivity contribution in [2.45, 2.75) is 18.9 Å². The molecule has 1 unspecified atom stereocenters. The predicted molar refractivity (Wildman–Crippen MR) is 54.1 cm³/mol. The standard InChI is InChI=1S/C10H16N4/c1-2-10(8-7-12-13-9(1)8)14-5-3-11-4-6-14/h7,10-11H,1-6H2,(H,12,13). The minimum atomic E-state index is 0.630. The Hall–Kier alpha value is -0.870. The van der Waals surface area contributed by atoms with E-state index in [0.717, 1.165) is 13.1 Å². The minimum absolute atomic E-state index is 0.630. The summed E-state index contributed by atoms with van der Waals surface area (Å²) in [5.41, 5.74) is 2.79. The van der Waals surface area contributed by atoms with Crippen LogP contribution in [0.3, 0.4) is 0 Å². The van der Waals surface area contributed by atoms with Gasteiger partial charge < -0.3 is 5.32 Å². The Kier molecular flexibility index (Phi) is 2.03. The first kappa shape index (κ1) is 8.44. The van der Waals surface area contributed by atoms with Gasteiger partial charge in [-0.3, -0.25) is 10.00 Å². The molecule has 0 saturated carbocycles. The number of aryl methyl sites for hydroxylation is 1. The third-order valence-electron chi connectivity index (χ3n) is 3.37. The zero-order valence-electron chi connectivity index (χ0n) is 8.29. The maximum atomic E-state index is 4.12. The summed E-state index contributed by atoms with van der Waals surface area (Å²) in [6, 6.07) is 0.630. The highest BCUT2D eigenvalue weighted by molar-refractivity contribution is 5.26. The van der Waals surface area contributed by atoms with Gasteiger partial charge in [0.2, 0.25) is 0 Å². The molecule has 1 saturated heterocycles. The van der Waals surface area contributed by atoms with Crippen LogP contribution in [0.5, 0.6) is 0 Å². The van der Waals surface area contributed by atoms with Crippen LogP contribution < -0.4 is 5.32 Å². The fourth-order valence-electron chi connectivity index (χ4n) is 2.62. The van der Waals surface area contributed by atoms with Gasteiger partial charge >= 0.3 is 0 Å². The van der Waals surface area contributed by atoms with Gasteiger partial charge in [-0.25, -0.2) is 0 Å². The third kappa shape index (κ3) is 1.26. The monoisotopic (exact) mass is 192 g/mol. The molecule has 0 bridgehead atoms. The van der Waals surface area contributed by atoms with Gasteiger partial charge in [0.1, 0.15) is 0 Å². The highest BCUT2D eigenvalue weighted by atomic mass is 15.2. The lowest BCUT2D eigenvalue weighted by molar-refractivity contribution is 0.173. The lowest BCUT2D eigenvalue weighted by atomic mass is 10.1. The average molecular weight is 192 g/mol. The lowest BCUT2D eigenvalue weighted by Gasteiger charge is -2.32. The van der Waals surface area contributed by atoms with Gasteiger partial charge in [0.25, 0.3) is 0 Å². The number of hydrogen-bond donors (Lipinski definition) is 2. The number of nitrogens with one attached hydrogen (secondary N) is 2. The van der Waals surface area contributed by atoms with E-state index in [9.17, 15) is 0 Å². The summed E-state index contributed by atoms with van der Waals surface area (Å²) in [6.45, 7) is 4.61. The van der Waals surface area contributed by atoms with Crippen LogP contribution in [0, 0.1) is 0 Å². The summed E-state index contributed by atoms with van der Waals surface area (Å²) < 4.78 is 0. The van der Waals surface area contributed by atoms with Crippen molar-refractivity contribution in [2.75, 3.05) is 26.2 Å². The van der Waals surface area contributed by atoms with Crippen LogP contribution in [0.2, 0.25) is 0 Å². The molecule has 0 spiro atoms. The van der Waals surface area contributed by atoms with Crippen LogP contribution in [0.15, 0.2) is 6.20 Å². The summed E-state index contributed by atoms with van der Waals surface area (Å²) in [4.78, 5) is 2.58. The Labute approximate surface area is 83.7 Å². The van der Waals surface area contributed by atoms with Crippen molar-refractivity contribution in [3.05, 3.63) is 17.5 Å². The first-order chi connectivity index (χ1) is 6.95. The minimum Gasteiger partial charge on any atom is -0.314 e. The van der Waals surface area contributed by atoms with Gasteiger partial charge in [-0.15, -0.1) is 0 Å². The first-order valence-corrected chi connectivity index (χ1v) is 5.42. The van der Waals surface area contributed by atoms with Crippen LogP contribution in [0.1, 0.15) is 23.7 Å². The number of hydrogen-bond acceptors (Lipinski definition) is 3. The van der Waals surface area contributed by atoms with E-state index in [0.29, 0.717) is 6.04 Å². The molecule has 0 amide bonds. The number of aromatic amines is 1. The van der Waals surface area contributed by atoms with Crippen LogP contribution in [0.25, 0.3) is 0 Å². The number of rotatable bonds is 1. The van der Waals surface area contributed by atoms with Crippen LogP contribution >= 0.6 is 0 Å². The number of aromatic nitrogens is 2. The molecule has 1 atom stereocenters. The number of fused-ring (bicyclic) bond motifs is 1. The number of nitrogens with zero attached hydrogens (tertiary/aromatic N) is 2. The van der Waals surface area contributed by atoms with E-state index in [4.69, 9.17) is 0 Å². The van der Waals surface area contributed by atoms with E-state index in [1.807, 2.05) is 6.20 Å². The summed E-state index contributed by atoms with van der Waals surface area (Å²) in [5.74, 6) is 0. The van der Waals surface area contributed by atoms with Crippen molar-refractivity contribution >= 4 is 0 Å². The predicted octanol–water partition coefficient (Wildman–Crippen LogP) is 0.302. The van der Waals surface area contributed by atoms with E-state index >= 15 is 0 Å². The van der Waals surface area contributed by atoms with Crippen molar-refractivity contribution < 1.29 is 0 Å². The fraction of sp³-hybridized carbons (Fsp3) is 0.700. The van der Waals surface area contributed by atoms with Crippen LogP contribution in [-0.4, -0.2) is 41.3 Å². The van der Waals surface area contributed by atoms with E-state index in [1.54, 1.807) is 0 Å². The van der Waals surface area contributed by atoms with Crippen molar-refractivity contribution in [1.29, 1.82) is 0 Å². The second kappa shape index (κ2) is 3.37. The Morgan fingerprint density at radius 2 is 2.21 bits per heavy atom. The van der Waals surface area contributed by atoms with Crippen LogP contribution in [0.4, 0.5) is 0 Å². The maximum absolute atomic E-state index is 4.12. The second-order valence-corrected chi connectivity index (χ2v) is 4.14. The molecule has 2 aliphatic rings. The zero-order chi connectivity index (χ0) is 9.38. The van der Waals surface area contributed by atoms with E-state index in [1.165, 1.54) is 37.2 Å². The number of piperazine rings is 1. The molecule has 0 aromatic carbocycles. The smallest absolute Gasteiger partial charge is 0.0538 e. The van der Waals surface area contributed by atoms with Crippen molar-refractivity contribution in [3.8, 4) is 0 Å². The molecule has 3 rings (SSSR count). The maximum Gasteiger partial charge on any atom is 0.0538 e. The quantitative estimate of drug-likeness (QED) is 0.672. The second-order valence-electron chi connectivity index (χ2n) is 4.14.